The minimum absolute atomic E-state index is 0.0207. The molecule has 2 rings (SSSR count). The van der Waals surface area contributed by atoms with Crippen LogP contribution < -0.4 is 4.90 Å². The summed E-state index contributed by atoms with van der Waals surface area (Å²) in [5.41, 5.74) is 3.73. The van der Waals surface area contributed by atoms with E-state index in [0.717, 1.165) is 18.5 Å². The number of anilines is 1. The minimum atomic E-state index is 0.0207. The first-order valence-corrected chi connectivity index (χ1v) is 9.44. The van der Waals surface area contributed by atoms with E-state index in [9.17, 15) is 4.79 Å². The fraction of sp³-hybridized carbons (Fsp3) is 0.682. The molecule has 1 fully saturated rings. The molecule has 0 spiro atoms. The van der Waals surface area contributed by atoms with Gasteiger partial charge in [0.15, 0.2) is 0 Å². The second kappa shape index (κ2) is 6.90. The number of hydrogen-bond donors (Lipinski definition) is 0. The Morgan fingerprint density at radius 3 is 2.04 bits per heavy atom. The molecule has 0 N–H and O–H groups in total. The second-order valence-electron chi connectivity index (χ2n) is 9.46. The molecule has 0 aliphatic heterocycles. The highest BCUT2D eigenvalue weighted by Gasteiger charge is 2.29. The third kappa shape index (κ3) is 4.20. The molecule has 0 bridgehead atoms. The van der Waals surface area contributed by atoms with Crippen molar-refractivity contribution < 1.29 is 4.79 Å². The van der Waals surface area contributed by atoms with Gasteiger partial charge in [0.05, 0.1) is 0 Å². The quantitative estimate of drug-likeness (QED) is 0.669. The molecule has 0 saturated heterocycles. The van der Waals surface area contributed by atoms with Crippen LogP contribution in [-0.4, -0.2) is 13.0 Å². The zero-order valence-electron chi connectivity index (χ0n) is 16.7. The number of carbonyl (C=O) groups excluding carboxylic acids is 1. The summed E-state index contributed by atoms with van der Waals surface area (Å²) in [6.45, 7) is 13.4. The van der Waals surface area contributed by atoms with Crippen LogP contribution in [0.2, 0.25) is 0 Å². The van der Waals surface area contributed by atoms with Gasteiger partial charge in [-0.25, -0.2) is 0 Å². The SMILES string of the molecule is CN(C(=O)C1CCCCC1)c1cc(C(C)(C)C)ccc1C(C)(C)C. The number of carbonyl (C=O) groups is 1. The molecule has 1 aromatic carbocycles. The number of rotatable bonds is 2. The lowest BCUT2D eigenvalue weighted by molar-refractivity contribution is -0.123. The van der Waals surface area contributed by atoms with Crippen LogP contribution in [0.15, 0.2) is 18.2 Å². The van der Waals surface area contributed by atoms with Crippen molar-refractivity contribution in [3.8, 4) is 0 Å². The van der Waals surface area contributed by atoms with Crippen molar-refractivity contribution in [1.29, 1.82) is 0 Å². The lowest BCUT2D eigenvalue weighted by Crippen LogP contribution is -2.35. The largest absolute Gasteiger partial charge is 0.315 e. The molecular weight excluding hydrogens is 294 g/mol. The third-order valence-electron chi connectivity index (χ3n) is 5.32. The van der Waals surface area contributed by atoms with E-state index in [4.69, 9.17) is 0 Å². The van der Waals surface area contributed by atoms with Gasteiger partial charge in [-0.05, 0) is 40.9 Å². The van der Waals surface area contributed by atoms with Crippen LogP contribution >= 0.6 is 0 Å². The second-order valence-corrected chi connectivity index (χ2v) is 9.46. The van der Waals surface area contributed by atoms with Gasteiger partial charge in [-0.15, -0.1) is 0 Å². The molecule has 0 radical (unpaired) electrons. The van der Waals surface area contributed by atoms with Crippen LogP contribution in [0, 0.1) is 5.92 Å². The van der Waals surface area contributed by atoms with Gasteiger partial charge in [-0.2, -0.15) is 0 Å². The zero-order chi connectivity index (χ0) is 18.1. The summed E-state index contributed by atoms with van der Waals surface area (Å²) in [7, 11) is 1.97. The number of benzene rings is 1. The molecule has 0 atom stereocenters. The van der Waals surface area contributed by atoms with E-state index in [1.165, 1.54) is 30.4 Å². The normalized spacial score (nSPS) is 17.0. The molecule has 1 aromatic rings. The molecule has 1 saturated carbocycles. The smallest absolute Gasteiger partial charge is 0.229 e. The Morgan fingerprint density at radius 1 is 0.958 bits per heavy atom. The Kier molecular flexibility index (Phi) is 5.47. The molecule has 1 aliphatic carbocycles. The standard InChI is InChI=1S/C22H35NO/c1-21(2,3)17-13-14-18(22(4,5)6)19(15-17)23(7)20(24)16-11-9-8-10-12-16/h13-16H,8-12H2,1-7H3. The van der Waals surface area contributed by atoms with Crippen molar-refractivity contribution in [2.75, 3.05) is 11.9 Å². The van der Waals surface area contributed by atoms with Gasteiger partial charge in [0, 0.05) is 18.7 Å². The maximum Gasteiger partial charge on any atom is 0.229 e. The van der Waals surface area contributed by atoms with Crippen LogP contribution in [0.5, 0.6) is 0 Å². The monoisotopic (exact) mass is 329 g/mol. The Morgan fingerprint density at radius 2 is 1.54 bits per heavy atom. The first-order chi connectivity index (χ1) is 11.0. The first kappa shape index (κ1) is 19.0. The van der Waals surface area contributed by atoms with Gasteiger partial charge in [0.2, 0.25) is 5.91 Å². The van der Waals surface area contributed by atoms with Gasteiger partial charge in [-0.1, -0.05) is 72.9 Å². The Labute approximate surface area is 148 Å². The van der Waals surface area contributed by atoms with Crippen LogP contribution in [0.3, 0.4) is 0 Å². The fourth-order valence-electron chi connectivity index (χ4n) is 3.65. The highest BCUT2D eigenvalue weighted by molar-refractivity contribution is 5.95. The topological polar surface area (TPSA) is 20.3 Å². The summed E-state index contributed by atoms with van der Waals surface area (Å²) in [5.74, 6) is 0.501. The summed E-state index contributed by atoms with van der Waals surface area (Å²) < 4.78 is 0. The molecule has 2 nitrogen and oxygen atoms in total. The van der Waals surface area contributed by atoms with E-state index in [0.29, 0.717) is 5.91 Å². The molecule has 134 valence electrons. The Bertz CT molecular complexity index is 583. The highest BCUT2D eigenvalue weighted by Crippen LogP contribution is 2.37. The van der Waals surface area contributed by atoms with Crippen molar-refractivity contribution in [1.82, 2.24) is 0 Å². The van der Waals surface area contributed by atoms with Crippen molar-refractivity contribution >= 4 is 11.6 Å². The first-order valence-electron chi connectivity index (χ1n) is 9.44. The molecular formula is C22H35NO. The van der Waals surface area contributed by atoms with E-state index >= 15 is 0 Å². The molecule has 24 heavy (non-hydrogen) atoms. The number of nitrogens with zero attached hydrogens (tertiary/aromatic N) is 1. The van der Waals surface area contributed by atoms with Crippen molar-refractivity contribution in [3.05, 3.63) is 29.3 Å². The van der Waals surface area contributed by atoms with E-state index in [2.05, 4.69) is 59.7 Å². The third-order valence-corrected chi connectivity index (χ3v) is 5.32. The maximum atomic E-state index is 13.1. The average Bonchev–Trinajstić information content (AvgIpc) is 2.52. The van der Waals surface area contributed by atoms with Gasteiger partial charge >= 0.3 is 0 Å². The van der Waals surface area contributed by atoms with E-state index < -0.39 is 0 Å². The Hall–Kier alpha value is -1.31. The fourth-order valence-corrected chi connectivity index (χ4v) is 3.65. The van der Waals surface area contributed by atoms with Crippen LogP contribution in [0.4, 0.5) is 5.69 Å². The molecule has 0 unspecified atom stereocenters. The van der Waals surface area contributed by atoms with Crippen molar-refractivity contribution in [2.45, 2.75) is 84.5 Å². The van der Waals surface area contributed by atoms with Gasteiger partial charge in [0.1, 0.15) is 0 Å². The van der Waals surface area contributed by atoms with Gasteiger partial charge in [-0.3, -0.25) is 4.79 Å². The van der Waals surface area contributed by atoms with Gasteiger partial charge < -0.3 is 4.90 Å². The summed E-state index contributed by atoms with van der Waals surface area (Å²) in [6, 6.07) is 6.69. The highest BCUT2D eigenvalue weighted by atomic mass is 16.2. The average molecular weight is 330 g/mol. The zero-order valence-corrected chi connectivity index (χ0v) is 16.7. The number of hydrogen-bond acceptors (Lipinski definition) is 1. The molecule has 1 amide bonds. The predicted octanol–water partition coefficient (Wildman–Crippen LogP) is 5.82. The molecule has 2 heteroatoms. The molecule has 1 aliphatic rings. The van der Waals surface area contributed by atoms with Crippen LogP contribution in [-0.2, 0) is 15.6 Å². The summed E-state index contributed by atoms with van der Waals surface area (Å²) in [6.07, 6.45) is 5.76. The summed E-state index contributed by atoms with van der Waals surface area (Å²) >= 11 is 0. The van der Waals surface area contributed by atoms with E-state index in [1.54, 1.807) is 0 Å². The summed E-state index contributed by atoms with van der Waals surface area (Å²) in [5, 5.41) is 0. The molecule has 0 aromatic heterocycles. The minimum Gasteiger partial charge on any atom is -0.315 e. The lowest BCUT2D eigenvalue weighted by Gasteiger charge is -2.33. The summed E-state index contributed by atoms with van der Waals surface area (Å²) in [4.78, 5) is 15.0. The lowest BCUT2D eigenvalue weighted by atomic mass is 9.80. The van der Waals surface area contributed by atoms with Crippen molar-refractivity contribution in [3.63, 3.8) is 0 Å². The number of amides is 1. The van der Waals surface area contributed by atoms with E-state index in [1.807, 2.05) is 11.9 Å². The maximum absolute atomic E-state index is 13.1. The van der Waals surface area contributed by atoms with E-state index in [-0.39, 0.29) is 16.7 Å². The Balaban J connectivity index is 2.42. The van der Waals surface area contributed by atoms with Gasteiger partial charge in [0.25, 0.3) is 0 Å². The van der Waals surface area contributed by atoms with Crippen molar-refractivity contribution in [2.24, 2.45) is 5.92 Å². The predicted molar refractivity (Wildman–Crippen MR) is 104 cm³/mol. The van der Waals surface area contributed by atoms with Crippen LogP contribution in [0.25, 0.3) is 0 Å². The van der Waals surface area contributed by atoms with Crippen LogP contribution in [0.1, 0.15) is 84.8 Å². The molecule has 0 heterocycles.